The van der Waals surface area contributed by atoms with Gasteiger partial charge in [0, 0.05) is 29.8 Å². The minimum atomic E-state index is -3.20. The fraction of sp³-hybridized carbons (Fsp3) is 0.636. The first-order valence-corrected chi connectivity index (χ1v) is 9.27. The van der Waals surface area contributed by atoms with E-state index >= 15 is 0 Å². The molecule has 0 rings (SSSR count). The molecule has 106 valence electrons. The van der Waals surface area contributed by atoms with Gasteiger partial charge < -0.3 is 4.90 Å². The highest BCUT2D eigenvalue weighted by molar-refractivity contribution is 7.94. The van der Waals surface area contributed by atoms with Crippen molar-refractivity contribution in [2.75, 3.05) is 18.1 Å². The average Bonchev–Trinajstić information content (AvgIpc) is 2.33. The van der Waals surface area contributed by atoms with Crippen molar-refractivity contribution in [1.29, 1.82) is 0 Å². The average molecular weight is 295 g/mol. The van der Waals surface area contributed by atoms with Crippen LogP contribution in [0.5, 0.6) is 0 Å². The molecule has 0 aromatic heterocycles. The topological polar surface area (TPSA) is 71.5 Å². The van der Waals surface area contributed by atoms with Gasteiger partial charge in [0.2, 0.25) is 0 Å². The molecule has 0 aliphatic rings. The Morgan fingerprint density at radius 2 is 1.22 bits per heavy atom. The molecule has 18 heavy (non-hydrogen) atoms. The van der Waals surface area contributed by atoms with Crippen molar-refractivity contribution in [3.05, 3.63) is 23.2 Å². The fourth-order valence-corrected chi connectivity index (χ4v) is 2.06. The van der Waals surface area contributed by atoms with Crippen molar-refractivity contribution in [1.82, 2.24) is 4.90 Å². The second-order valence-electron chi connectivity index (χ2n) is 3.71. The highest BCUT2D eigenvalue weighted by atomic mass is 32.2. The lowest BCUT2D eigenvalue weighted by molar-refractivity contribution is 0.501. The molecular formula is C11H21NO4S2. The van der Waals surface area contributed by atoms with Crippen molar-refractivity contribution in [3.63, 3.8) is 0 Å². The summed E-state index contributed by atoms with van der Waals surface area (Å²) in [6.45, 7) is 5.60. The summed E-state index contributed by atoms with van der Waals surface area (Å²) in [6, 6.07) is 0. The molecular weight excluding hydrogens is 274 g/mol. The maximum Gasteiger partial charge on any atom is 0.172 e. The molecule has 5 nitrogen and oxygen atoms in total. The standard InChI is InChI=1S/C11H21NO4S2/c1-4-7-12(8-10-17(13,14)5-2)9-11-18(15,16)6-3/h8-11H,4-7H2,1-3H3. The molecule has 0 aliphatic heterocycles. The van der Waals surface area contributed by atoms with Crippen LogP contribution in [0.2, 0.25) is 0 Å². The zero-order valence-corrected chi connectivity index (χ0v) is 12.7. The predicted octanol–water partition coefficient (Wildman–Crippen LogP) is 1.51. The largest absolute Gasteiger partial charge is 0.353 e. The van der Waals surface area contributed by atoms with Gasteiger partial charge in [0.15, 0.2) is 19.7 Å². The van der Waals surface area contributed by atoms with Crippen LogP contribution in [-0.2, 0) is 19.7 Å². The normalized spacial score (nSPS) is 13.5. The lowest BCUT2D eigenvalue weighted by Gasteiger charge is -2.13. The second kappa shape index (κ2) is 7.58. The van der Waals surface area contributed by atoms with E-state index in [4.69, 9.17) is 0 Å². The highest BCUT2D eigenvalue weighted by Crippen LogP contribution is 2.01. The Morgan fingerprint density at radius 1 is 0.833 bits per heavy atom. The Labute approximate surface area is 110 Å². The summed E-state index contributed by atoms with van der Waals surface area (Å²) in [5, 5.41) is 2.21. The van der Waals surface area contributed by atoms with E-state index in [1.54, 1.807) is 18.7 Å². The molecule has 0 saturated heterocycles. The van der Waals surface area contributed by atoms with Crippen LogP contribution in [-0.4, -0.2) is 39.8 Å². The van der Waals surface area contributed by atoms with Crippen molar-refractivity contribution in [2.45, 2.75) is 27.2 Å². The van der Waals surface area contributed by atoms with Gasteiger partial charge >= 0.3 is 0 Å². The van der Waals surface area contributed by atoms with Crippen molar-refractivity contribution in [2.24, 2.45) is 0 Å². The number of hydrogen-bond acceptors (Lipinski definition) is 5. The van der Waals surface area contributed by atoms with Gasteiger partial charge in [-0.1, -0.05) is 20.8 Å². The second-order valence-corrected chi connectivity index (χ2v) is 8.06. The van der Waals surface area contributed by atoms with Crippen molar-refractivity contribution >= 4 is 19.7 Å². The smallest absolute Gasteiger partial charge is 0.172 e. The summed E-state index contributed by atoms with van der Waals surface area (Å²) in [6.07, 6.45) is 3.57. The van der Waals surface area contributed by atoms with Gasteiger partial charge in [-0.05, 0) is 6.42 Å². The van der Waals surface area contributed by atoms with Crippen LogP contribution in [0.4, 0.5) is 0 Å². The van der Waals surface area contributed by atoms with Gasteiger partial charge in [-0.15, -0.1) is 0 Å². The number of hydrogen-bond donors (Lipinski definition) is 0. The lowest BCUT2D eigenvalue weighted by atomic mass is 10.4. The third kappa shape index (κ3) is 7.50. The molecule has 0 amide bonds. The lowest BCUT2D eigenvalue weighted by Crippen LogP contribution is -2.13. The molecule has 0 aliphatic carbocycles. The predicted molar refractivity (Wildman–Crippen MR) is 74.2 cm³/mol. The minimum absolute atomic E-state index is 0.0282. The van der Waals surface area contributed by atoms with Crippen LogP contribution in [0.15, 0.2) is 23.2 Å². The Balaban J connectivity index is 4.90. The molecule has 0 atom stereocenters. The van der Waals surface area contributed by atoms with Crippen molar-refractivity contribution in [3.8, 4) is 0 Å². The van der Waals surface area contributed by atoms with E-state index in [1.165, 1.54) is 12.4 Å². The van der Waals surface area contributed by atoms with Crippen LogP contribution in [0.1, 0.15) is 27.2 Å². The van der Waals surface area contributed by atoms with E-state index < -0.39 is 19.7 Å². The van der Waals surface area contributed by atoms with E-state index in [1.807, 2.05) is 6.92 Å². The summed E-state index contributed by atoms with van der Waals surface area (Å²) >= 11 is 0. The van der Waals surface area contributed by atoms with E-state index in [0.717, 1.165) is 17.2 Å². The summed E-state index contributed by atoms with van der Waals surface area (Å²) in [7, 11) is -6.40. The summed E-state index contributed by atoms with van der Waals surface area (Å²) in [4.78, 5) is 1.56. The van der Waals surface area contributed by atoms with Gasteiger partial charge in [0.25, 0.3) is 0 Å². The molecule has 0 heterocycles. The maximum absolute atomic E-state index is 11.3. The first-order valence-electron chi connectivity index (χ1n) is 5.84. The fourth-order valence-electron chi connectivity index (χ4n) is 0.991. The van der Waals surface area contributed by atoms with Gasteiger partial charge in [-0.25, -0.2) is 16.8 Å². The highest BCUT2D eigenvalue weighted by Gasteiger charge is 2.04. The first-order chi connectivity index (χ1) is 8.26. The van der Waals surface area contributed by atoms with Crippen LogP contribution in [0.3, 0.4) is 0 Å². The Kier molecular flexibility index (Phi) is 7.23. The Bertz CT molecular complexity index is 445. The molecule has 0 radical (unpaired) electrons. The summed E-state index contributed by atoms with van der Waals surface area (Å²) < 4.78 is 45.2. The molecule has 0 spiro atoms. The van der Waals surface area contributed by atoms with E-state index in [0.29, 0.717) is 6.54 Å². The van der Waals surface area contributed by atoms with Crippen LogP contribution < -0.4 is 0 Å². The van der Waals surface area contributed by atoms with Gasteiger partial charge in [-0.3, -0.25) is 0 Å². The minimum Gasteiger partial charge on any atom is -0.353 e. The van der Waals surface area contributed by atoms with Crippen LogP contribution in [0, 0.1) is 0 Å². The zero-order chi connectivity index (χ0) is 14.2. The van der Waals surface area contributed by atoms with Crippen molar-refractivity contribution < 1.29 is 16.8 Å². The molecule has 0 aromatic carbocycles. The van der Waals surface area contributed by atoms with E-state index in [2.05, 4.69) is 0 Å². The molecule has 0 saturated carbocycles. The third-order valence-electron chi connectivity index (χ3n) is 2.21. The summed E-state index contributed by atoms with van der Waals surface area (Å²) in [5.41, 5.74) is 0. The van der Waals surface area contributed by atoms with Gasteiger partial charge in [-0.2, -0.15) is 0 Å². The van der Waals surface area contributed by atoms with E-state index in [9.17, 15) is 16.8 Å². The molecule has 0 bridgehead atoms. The molecule has 7 heteroatoms. The van der Waals surface area contributed by atoms with Crippen LogP contribution >= 0.6 is 0 Å². The third-order valence-corrected chi connectivity index (χ3v) is 4.89. The number of nitrogens with zero attached hydrogens (tertiary/aromatic N) is 1. The van der Waals surface area contributed by atoms with Gasteiger partial charge in [0.05, 0.1) is 11.5 Å². The first kappa shape index (κ1) is 17.2. The maximum atomic E-state index is 11.3. The van der Waals surface area contributed by atoms with Gasteiger partial charge in [0.1, 0.15) is 0 Å². The molecule has 0 N–H and O–H groups in total. The quantitative estimate of drug-likeness (QED) is 0.679. The molecule has 0 unspecified atom stereocenters. The molecule has 0 aromatic rings. The van der Waals surface area contributed by atoms with E-state index in [-0.39, 0.29) is 11.5 Å². The number of sulfone groups is 2. The zero-order valence-electron chi connectivity index (χ0n) is 11.0. The van der Waals surface area contributed by atoms with Crippen LogP contribution in [0.25, 0.3) is 0 Å². The monoisotopic (exact) mass is 295 g/mol. The number of rotatable bonds is 8. The Morgan fingerprint density at radius 3 is 1.50 bits per heavy atom. The SMILES string of the molecule is CCCN(C=CS(=O)(=O)CC)C=CS(=O)(=O)CC. The molecule has 0 fully saturated rings. The Hall–Kier alpha value is -0.820. The summed E-state index contributed by atoms with van der Waals surface area (Å²) in [5.74, 6) is 0.0564.